The van der Waals surface area contributed by atoms with Crippen LogP contribution in [0.15, 0.2) is 4.42 Å². The van der Waals surface area contributed by atoms with Gasteiger partial charge in [-0.15, -0.1) is 0 Å². The molecule has 0 unspecified atom stereocenters. The average Bonchev–Trinajstić information content (AvgIpc) is 3.22. The monoisotopic (exact) mass is 302 g/mol. The number of aryl methyl sites for hydroxylation is 3. The van der Waals surface area contributed by atoms with Gasteiger partial charge in [-0.05, 0) is 26.7 Å². The Morgan fingerprint density at radius 3 is 2.77 bits per heavy atom. The van der Waals surface area contributed by atoms with E-state index < -0.39 is 0 Å². The van der Waals surface area contributed by atoms with Crippen LogP contribution in [0.3, 0.4) is 0 Å². The predicted octanol–water partition coefficient (Wildman–Crippen LogP) is 1.94. The summed E-state index contributed by atoms with van der Waals surface area (Å²) < 4.78 is 13.0. The first-order chi connectivity index (χ1) is 10.6. The number of anilines is 1. The number of aromatic nitrogens is 3. The molecule has 2 aliphatic rings. The van der Waals surface area contributed by atoms with Crippen LogP contribution >= 0.6 is 0 Å². The second-order valence-electron chi connectivity index (χ2n) is 5.91. The van der Waals surface area contributed by atoms with Crippen LogP contribution in [0.2, 0.25) is 0 Å². The highest BCUT2D eigenvalue weighted by Crippen LogP contribution is 2.41. The van der Waals surface area contributed by atoms with Crippen LogP contribution in [0.25, 0.3) is 0 Å². The van der Waals surface area contributed by atoms with Crippen LogP contribution in [0.5, 0.6) is 5.88 Å². The maximum atomic E-state index is 12.9. The molecule has 2 aromatic rings. The lowest BCUT2D eigenvalue weighted by Crippen LogP contribution is -2.38. The fourth-order valence-corrected chi connectivity index (χ4v) is 2.89. The summed E-state index contributed by atoms with van der Waals surface area (Å²) in [4.78, 5) is 19.0. The summed E-state index contributed by atoms with van der Waals surface area (Å²) in [6.07, 6.45) is 2.19. The van der Waals surface area contributed by atoms with Crippen molar-refractivity contribution in [3.05, 3.63) is 23.0 Å². The molecule has 0 atom stereocenters. The normalized spacial score (nSPS) is 17.3. The summed E-state index contributed by atoms with van der Waals surface area (Å²) in [6.45, 7) is 4.62. The third-order valence-corrected chi connectivity index (χ3v) is 4.14. The van der Waals surface area contributed by atoms with Crippen LogP contribution < -0.4 is 9.64 Å². The smallest absolute Gasteiger partial charge is 0.296 e. The van der Waals surface area contributed by atoms with Crippen molar-refractivity contribution in [2.24, 2.45) is 7.05 Å². The Morgan fingerprint density at radius 2 is 2.05 bits per heavy atom. The summed E-state index contributed by atoms with van der Waals surface area (Å²) in [5.41, 5.74) is 2.15. The fraction of sp³-hybridized carbons (Fsp3) is 0.533. The highest BCUT2D eigenvalue weighted by atomic mass is 16.5. The van der Waals surface area contributed by atoms with E-state index in [4.69, 9.17) is 9.15 Å². The number of fused-ring (bicyclic) bond motifs is 1. The highest BCUT2D eigenvalue weighted by molar-refractivity contribution is 6.06. The molecular weight excluding hydrogens is 284 g/mol. The molecule has 0 bridgehead atoms. The van der Waals surface area contributed by atoms with Crippen LogP contribution in [0.4, 0.5) is 5.69 Å². The first-order valence-corrected chi connectivity index (χ1v) is 7.52. The van der Waals surface area contributed by atoms with Gasteiger partial charge < -0.3 is 9.15 Å². The number of hydrogen-bond acceptors (Lipinski definition) is 5. The van der Waals surface area contributed by atoms with Crippen LogP contribution in [0, 0.1) is 13.8 Å². The van der Waals surface area contributed by atoms with Gasteiger partial charge >= 0.3 is 0 Å². The van der Waals surface area contributed by atoms with Crippen molar-refractivity contribution in [2.45, 2.75) is 32.6 Å². The molecule has 1 fully saturated rings. The Balaban J connectivity index is 1.72. The summed E-state index contributed by atoms with van der Waals surface area (Å²) in [5, 5.41) is 4.34. The second kappa shape index (κ2) is 4.59. The minimum atomic E-state index is -0.169. The van der Waals surface area contributed by atoms with E-state index in [2.05, 4.69) is 10.1 Å². The first kappa shape index (κ1) is 13.4. The van der Waals surface area contributed by atoms with Gasteiger partial charge in [0.25, 0.3) is 5.91 Å². The Labute approximate surface area is 127 Å². The standard InChI is InChI=1S/C15H18N4O3/c1-8-11-15(18(3)17-8)21-7-6-19(11)14(20)12-9(2)16-13(22-12)10-4-5-10/h10H,4-7H2,1-3H3. The summed E-state index contributed by atoms with van der Waals surface area (Å²) in [5.74, 6) is 1.87. The Hall–Kier alpha value is -2.31. The third kappa shape index (κ3) is 1.92. The first-order valence-electron chi connectivity index (χ1n) is 7.52. The lowest BCUT2D eigenvalue weighted by atomic mass is 10.2. The molecule has 3 heterocycles. The topological polar surface area (TPSA) is 73.4 Å². The van der Waals surface area contributed by atoms with Gasteiger partial charge in [0.1, 0.15) is 12.3 Å². The van der Waals surface area contributed by atoms with Crippen LogP contribution in [0.1, 0.15) is 46.6 Å². The van der Waals surface area contributed by atoms with E-state index in [-0.39, 0.29) is 5.91 Å². The molecule has 1 saturated carbocycles. The number of ether oxygens (including phenoxy) is 1. The van der Waals surface area contributed by atoms with E-state index in [1.807, 2.05) is 20.9 Å². The molecule has 7 nitrogen and oxygen atoms in total. The summed E-state index contributed by atoms with van der Waals surface area (Å²) >= 11 is 0. The number of oxazole rings is 1. The molecule has 0 aromatic carbocycles. The Bertz CT molecular complexity index is 757. The molecule has 0 N–H and O–H groups in total. The van der Waals surface area contributed by atoms with Crippen molar-refractivity contribution in [1.82, 2.24) is 14.8 Å². The third-order valence-electron chi connectivity index (χ3n) is 4.14. The summed E-state index contributed by atoms with van der Waals surface area (Å²) in [6, 6.07) is 0. The molecule has 2 aromatic heterocycles. The van der Waals surface area contributed by atoms with Gasteiger partial charge in [0.05, 0.1) is 17.9 Å². The van der Waals surface area contributed by atoms with Crippen molar-refractivity contribution in [2.75, 3.05) is 18.1 Å². The molecule has 22 heavy (non-hydrogen) atoms. The van der Waals surface area contributed by atoms with E-state index in [1.54, 1.807) is 9.58 Å². The number of rotatable bonds is 2. The molecule has 116 valence electrons. The number of carbonyl (C=O) groups is 1. The zero-order valence-corrected chi connectivity index (χ0v) is 12.9. The predicted molar refractivity (Wildman–Crippen MR) is 78.3 cm³/mol. The van der Waals surface area contributed by atoms with Gasteiger partial charge in [-0.1, -0.05) is 0 Å². The molecule has 4 rings (SSSR count). The van der Waals surface area contributed by atoms with Gasteiger partial charge in [0.2, 0.25) is 11.6 Å². The van der Waals surface area contributed by atoms with E-state index in [0.717, 1.165) is 24.2 Å². The van der Waals surface area contributed by atoms with E-state index >= 15 is 0 Å². The van der Waals surface area contributed by atoms with E-state index in [9.17, 15) is 4.79 Å². The molecule has 7 heteroatoms. The van der Waals surface area contributed by atoms with Gasteiger partial charge in [-0.25, -0.2) is 9.67 Å². The van der Waals surface area contributed by atoms with Crippen LogP contribution in [-0.4, -0.2) is 33.8 Å². The molecule has 0 radical (unpaired) electrons. The van der Waals surface area contributed by atoms with Crippen molar-refractivity contribution in [1.29, 1.82) is 0 Å². The average molecular weight is 302 g/mol. The van der Waals surface area contributed by atoms with Crippen molar-refractivity contribution in [3.63, 3.8) is 0 Å². The van der Waals surface area contributed by atoms with Crippen molar-refractivity contribution >= 4 is 11.6 Å². The molecule has 0 saturated heterocycles. The minimum absolute atomic E-state index is 0.169. The number of nitrogens with zero attached hydrogens (tertiary/aromatic N) is 4. The SMILES string of the molecule is Cc1nc(C2CC2)oc1C(=O)N1CCOc2c1c(C)nn2C. The lowest BCUT2D eigenvalue weighted by Gasteiger charge is -2.27. The zero-order chi connectivity index (χ0) is 15.4. The zero-order valence-electron chi connectivity index (χ0n) is 12.9. The largest absolute Gasteiger partial charge is 0.474 e. The maximum absolute atomic E-state index is 12.9. The molecular formula is C15H18N4O3. The Morgan fingerprint density at radius 1 is 1.27 bits per heavy atom. The molecule has 0 spiro atoms. The van der Waals surface area contributed by atoms with Crippen LogP contribution in [-0.2, 0) is 7.05 Å². The number of carbonyl (C=O) groups excluding carboxylic acids is 1. The lowest BCUT2D eigenvalue weighted by molar-refractivity contribution is 0.0946. The van der Waals surface area contributed by atoms with Crippen molar-refractivity contribution in [3.8, 4) is 5.88 Å². The van der Waals surface area contributed by atoms with E-state index in [0.29, 0.717) is 42.3 Å². The van der Waals surface area contributed by atoms with Gasteiger partial charge in [0, 0.05) is 13.0 Å². The molecule has 1 aliphatic heterocycles. The fourth-order valence-electron chi connectivity index (χ4n) is 2.89. The number of hydrogen-bond donors (Lipinski definition) is 0. The maximum Gasteiger partial charge on any atom is 0.296 e. The van der Waals surface area contributed by atoms with Gasteiger partial charge in [-0.2, -0.15) is 5.10 Å². The number of amides is 1. The Kier molecular flexibility index (Phi) is 2.79. The quantitative estimate of drug-likeness (QED) is 0.847. The van der Waals surface area contributed by atoms with Crippen molar-refractivity contribution < 1.29 is 13.9 Å². The minimum Gasteiger partial charge on any atom is -0.474 e. The molecule has 1 aliphatic carbocycles. The van der Waals surface area contributed by atoms with Gasteiger partial charge in [0.15, 0.2) is 5.89 Å². The summed E-state index contributed by atoms with van der Waals surface area (Å²) in [7, 11) is 1.81. The second-order valence-corrected chi connectivity index (χ2v) is 5.91. The van der Waals surface area contributed by atoms with Gasteiger partial charge in [-0.3, -0.25) is 9.69 Å². The highest BCUT2D eigenvalue weighted by Gasteiger charge is 2.35. The molecule has 1 amide bonds. The van der Waals surface area contributed by atoms with E-state index in [1.165, 1.54) is 0 Å².